The molecular weight excluding hydrogens is 388 g/mol. The number of ether oxygens (including phenoxy) is 5. The first kappa shape index (κ1) is 24.9. The van der Waals surface area contributed by atoms with Gasteiger partial charge in [-0.1, -0.05) is 0 Å². The van der Waals surface area contributed by atoms with Crippen molar-refractivity contribution in [3.05, 3.63) is 0 Å². The van der Waals surface area contributed by atoms with Gasteiger partial charge in [-0.15, -0.1) is 0 Å². The topological polar surface area (TPSA) is 147 Å². The minimum atomic E-state index is -1.50. The predicted molar refractivity (Wildman–Crippen MR) is 99.9 cm³/mol. The van der Waals surface area contributed by atoms with E-state index in [1.165, 1.54) is 0 Å². The van der Waals surface area contributed by atoms with Gasteiger partial charge in [-0.2, -0.15) is 0 Å². The summed E-state index contributed by atoms with van der Waals surface area (Å²) in [5.41, 5.74) is -1.24. The Morgan fingerprint density at radius 2 is 1.34 bits per heavy atom. The normalized spacial score (nSPS) is 42.1. The molecule has 0 aliphatic carbocycles. The molecule has 0 aromatic rings. The van der Waals surface area contributed by atoms with Gasteiger partial charge >= 0.3 is 0 Å². The Kier molecular flexibility index (Phi) is 8.05. The van der Waals surface area contributed by atoms with E-state index in [9.17, 15) is 25.5 Å². The first-order valence-corrected chi connectivity index (χ1v) is 9.85. The van der Waals surface area contributed by atoms with Crippen LogP contribution in [0, 0.1) is 0 Å². The maximum Gasteiger partial charge on any atom is 0.187 e. The maximum absolute atomic E-state index is 10.5. The molecule has 0 aromatic carbocycles. The summed E-state index contributed by atoms with van der Waals surface area (Å²) in [6, 6.07) is 0. The van der Waals surface area contributed by atoms with Gasteiger partial charge in [0.2, 0.25) is 0 Å². The van der Waals surface area contributed by atoms with Gasteiger partial charge in [0.25, 0.3) is 0 Å². The first-order chi connectivity index (χ1) is 13.2. The number of hydrogen-bond donors (Lipinski definition) is 5. The van der Waals surface area contributed by atoms with Crippen LogP contribution in [0.5, 0.6) is 0 Å². The second kappa shape index (κ2) is 9.39. The zero-order chi connectivity index (χ0) is 22.1. The summed E-state index contributed by atoms with van der Waals surface area (Å²) in [6.07, 6.45) is -11.0. The third-order valence-electron chi connectivity index (χ3n) is 4.52. The van der Waals surface area contributed by atoms with E-state index in [1.54, 1.807) is 41.5 Å². The molecule has 9 atom stereocenters. The summed E-state index contributed by atoms with van der Waals surface area (Å²) < 4.78 is 27.9. The lowest BCUT2D eigenvalue weighted by molar-refractivity contribution is -0.355. The van der Waals surface area contributed by atoms with Gasteiger partial charge in [0.1, 0.15) is 42.7 Å². The lowest BCUT2D eigenvalue weighted by Crippen LogP contribution is -2.63. The second-order valence-corrected chi connectivity index (χ2v) is 9.49. The van der Waals surface area contributed by atoms with Crippen LogP contribution in [0.1, 0.15) is 41.5 Å². The highest BCUT2D eigenvalue weighted by Gasteiger charge is 2.49. The van der Waals surface area contributed by atoms with Crippen LogP contribution in [0.25, 0.3) is 0 Å². The molecule has 5 N–H and O–H groups in total. The minimum Gasteiger partial charge on any atom is -0.394 e. The Bertz CT molecular complexity index is 514. The summed E-state index contributed by atoms with van der Waals surface area (Å²) >= 11 is 0. The molecule has 2 saturated heterocycles. The van der Waals surface area contributed by atoms with Crippen molar-refractivity contribution >= 4 is 0 Å². The van der Waals surface area contributed by atoms with Crippen LogP contribution >= 0.6 is 0 Å². The van der Waals surface area contributed by atoms with Crippen LogP contribution < -0.4 is 0 Å². The molecule has 0 saturated carbocycles. The van der Waals surface area contributed by atoms with E-state index in [-0.39, 0.29) is 6.61 Å². The minimum absolute atomic E-state index is 0.132. The van der Waals surface area contributed by atoms with Crippen molar-refractivity contribution in [1.82, 2.24) is 0 Å². The second-order valence-electron chi connectivity index (χ2n) is 9.49. The zero-order valence-corrected chi connectivity index (χ0v) is 17.9. The maximum atomic E-state index is 10.5. The van der Waals surface area contributed by atoms with Gasteiger partial charge in [-0.05, 0) is 41.5 Å². The van der Waals surface area contributed by atoms with Crippen molar-refractivity contribution in [1.29, 1.82) is 0 Å². The molecule has 172 valence electrons. The highest BCUT2D eigenvalue weighted by atomic mass is 16.7. The molecule has 2 rings (SSSR count). The molecule has 10 heteroatoms. The van der Waals surface area contributed by atoms with Gasteiger partial charge in [-0.3, -0.25) is 0 Å². The van der Waals surface area contributed by atoms with Gasteiger partial charge in [0, 0.05) is 0 Å². The SMILES string of the molecule is CC(C)(C)OC1OCC(OC2OC(CO)C(OC(C)(C)C)C(O)C2O)C(O)C1O. The van der Waals surface area contributed by atoms with Crippen LogP contribution in [0.15, 0.2) is 0 Å². The third-order valence-corrected chi connectivity index (χ3v) is 4.52. The van der Waals surface area contributed by atoms with Gasteiger partial charge in [-0.25, -0.2) is 0 Å². The Morgan fingerprint density at radius 3 is 1.86 bits per heavy atom. The fourth-order valence-electron chi connectivity index (χ4n) is 3.23. The molecule has 0 bridgehead atoms. The van der Waals surface area contributed by atoms with E-state index >= 15 is 0 Å². The lowest BCUT2D eigenvalue weighted by Gasteiger charge is -2.46. The van der Waals surface area contributed by atoms with Gasteiger partial charge in [0.15, 0.2) is 12.6 Å². The smallest absolute Gasteiger partial charge is 0.187 e. The molecule has 10 nitrogen and oxygen atoms in total. The van der Waals surface area contributed by atoms with E-state index < -0.39 is 73.1 Å². The summed E-state index contributed by atoms with van der Waals surface area (Å²) in [7, 11) is 0. The van der Waals surface area contributed by atoms with Crippen molar-refractivity contribution in [2.75, 3.05) is 13.2 Å². The molecule has 2 aliphatic heterocycles. The highest BCUT2D eigenvalue weighted by molar-refractivity contribution is 4.93. The monoisotopic (exact) mass is 424 g/mol. The van der Waals surface area contributed by atoms with Crippen LogP contribution in [-0.4, -0.2) is 105 Å². The molecule has 29 heavy (non-hydrogen) atoms. The largest absolute Gasteiger partial charge is 0.394 e. The van der Waals surface area contributed by atoms with Gasteiger partial charge in [0.05, 0.1) is 24.4 Å². The zero-order valence-electron chi connectivity index (χ0n) is 17.9. The fourth-order valence-corrected chi connectivity index (χ4v) is 3.23. The molecule has 9 unspecified atom stereocenters. The Balaban J connectivity index is 2.03. The number of aliphatic hydroxyl groups is 5. The summed E-state index contributed by atoms with van der Waals surface area (Å²) in [6.45, 7) is 10.1. The summed E-state index contributed by atoms with van der Waals surface area (Å²) in [5.74, 6) is 0. The first-order valence-electron chi connectivity index (χ1n) is 9.85. The van der Waals surface area contributed by atoms with Gasteiger partial charge < -0.3 is 49.2 Å². The molecular formula is C19H36O10. The van der Waals surface area contributed by atoms with E-state index in [1.807, 2.05) is 0 Å². The molecule has 0 spiro atoms. The van der Waals surface area contributed by atoms with E-state index in [0.29, 0.717) is 0 Å². The Morgan fingerprint density at radius 1 is 0.793 bits per heavy atom. The molecule has 0 aromatic heterocycles. The highest BCUT2D eigenvalue weighted by Crippen LogP contribution is 2.30. The van der Waals surface area contributed by atoms with Crippen LogP contribution in [-0.2, 0) is 23.7 Å². The Hall–Kier alpha value is -0.400. The van der Waals surface area contributed by atoms with Crippen molar-refractivity contribution in [2.45, 2.75) is 108 Å². The number of aliphatic hydroxyl groups excluding tert-OH is 5. The average molecular weight is 424 g/mol. The van der Waals surface area contributed by atoms with Crippen molar-refractivity contribution in [3.8, 4) is 0 Å². The fraction of sp³-hybridized carbons (Fsp3) is 1.00. The molecule has 0 amide bonds. The summed E-state index contributed by atoms with van der Waals surface area (Å²) in [4.78, 5) is 0. The van der Waals surface area contributed by atoms with Crippen molar-refractivity contribution in [3.63, 3.8) is 0 Å². The quantitative estimate of drug-likeness (QED) is 0.368. The predicted octanol–water partition coefficient (Wildman–Crippen LogP) is -1.11. The third kappa shape index (κ3) is 6.54. The van der Waals surface area contributed by atoms with Crippen LogP contribution in [0.4, 0.5) is 0 Å². The molecule has 2 heterocycles. The van der Waals surface area contributed by atoms with E-state index in [2.05, 4.69) is 0 Å². The standard InChI is InChI=1S/C19H36O10/c1-18(2,3)28-15-9(7-20)26-17(14(24)12(15)22)27-10-8-25-16(13(23)11(10)21)29-19(4,5)6/h9-17,20-24H,7-8H2,1-6H3. The average Bonchev–Trinajstić information content (AvgIpc) is 2.58. The molecule has 2 aliphatic rings. The van der Waals surface area contributed by atoms with E-state index in [0.717, 1.165) is 0 Å². The number of hydrogen-bond acceptors (Lipinski definition) is 10. The van der Waals surface area contributed by atoms with Crippen molar-refractivity contribution < 1.29 is 49.2 Å². The number of rotatable bonds is 5. The summed E-state index contributed by atoms with van der Waals surface area (Å²) in [5, 5.41) is 51.3. The van der Waals surface area contributed by atoms with Crippen LogP contribution in [0.2, 0.25) is 0 Å². The molecule has 0 radical (unpaired) electrons. The lowest BCUT2D eigenvalue weighted by atomic mass is 9.97. The van der Waals surface area contributed by atoms with Crippen LogP contribution in [0.3, 0.4) is 0 Å². The Labute approximate surface area is 171 Å². The van der Waals surface area contributed by atoms with E-state index in [4.69, 9.17) is 23.7 Å². The molecule has 2 fully saturated rings. The van der Waals surface area contributed by atoms with Crippen molar-refractivity contribution in [2.24, 2.45) is 0 Å².